The Labute approximate surface area is 194 Å². The van der Waals surface area contributed by atoms with Crippen LogP contribution in [0.15, 0.2) is 29.3 Å². The average molecular weight is 518 g/mol. The standard InChI is InChI=1S/C22H39N5O.HI/c1-7-23-21(24-16-18(2)27-14-12-26(6)13-15-27)25-17-19-10-8-9-11-20(19)28-22(3,4)5;/h8-11,18H,7,12-17H2,1-6H3,(H2,23,24,25);1H. The van der Waals surface area contributed by atoms with Gasteiger partial charge in [0.1, 0.15) is 11.4 Å². The molecule has 1 fully saturated rings. The molecule has 0 amide bonds. The number of guanidine groups is 1. The number of benzene rings is 1. The van der Waals surface area contributed by atoms with E-state index in [0.29, 0.717) is 12.6 Å². The molecule has 1 aliphatic rings. The molecule has 1 aliphatic heterocycles. The summed E-state index contributed by atoms with van der Waals surface area (Å²) in [4.78, 5) is 9.72. The van der Waals surface area contributed by atoms with Crippen molar-refractivity contribution in [2.45, 2.75) is 52.8 Å². The van der Waals surface area contributed by atoms with E-state index in [1.165, 1.54) is 0 Å². The van der Waals surface area contributed by atoms with Gasteiger partial charge >= 0.3 is 0 Å². The summed E-state index contributed by atoms with van der Waals surface area (Å²) >= 11 is 0. The first-order chi connectivity index (χ1) is 13.3. The second-order valence-corrected chi connectivity index (χ2v) is 8.59. The molecule has 1 aromatic rings. The van der Waals surface area contributed by atoms with Gasteiger partial charge in [0.25, 0.3) is 0 Å². The summed E-state index contributed by atoms with van der Waals surface area (Å²) in [6.45, 7) is 17.4. The minimum absolute atomic E-state index is 0. The van der Waals surface area contributed by atoms with E-state index >= 15 is 0 Å². The molecular formula is C22H40IN5O. The molecule has 0 bridgehead atoms. The van der Waals surface area contributed by atoms with Crippen LogP contribution in [0.25, 0.3) is 0 Å². The van der Waals surface area contributed by atoms with Crippen LogP contribution >= 0.6 is 24.0 Å². The molecule has 0 aliphatic carbocycles. The van der Waals surface area contributed by atoms with Crippen LogP contribution in [0.3, 0.4) is 0 Å². The second kappa shape index (κ2) is 12.6. The van der Waals surface area contributed by atoms with Crippen LogP contribution in [0, 0.1) is 0 Å². The van der Waals surface area contributed by atoms with Gasteiger partial charge in [0, 0.05) is 50.9 Å². The molecule has 166 valence electrons. The van der Waals surface area contributed by atoms with Crippen LogP contribution < -0.4 is 15.4 Å². The molecule has 0 saturated carbocycles. The number of halogens is 1. The van der Waals surface area contributed by atoms with Crippen LogP contribution in [0.1, 0.15) is 40.2 Å². The van der Waals surface area contributed by atoms with Gasteiger partial charge in [-0.3, -0.25) is 4.90 Å². The minimum atomic E-state index is -0.222. The molecule has 29 heavy (non-hydrogen) atoms. The summed E-state index contributed by atoms with van der Waals surface area (Å²) in [6.07, 6.45) is 0. The molecule has 2 N–H and O–H groups in total. The van der Waals surface area contributed by atoms with Crippen molar-refractivity contribution < 1.29 is 4.74 Å². The Morgan fingerprint density at radius 1 is 1.14 bits per heavy atom. The third-order valence-electron chi connectivity index (χ3n) is 4.87. The van der Waals surface area contributed by atoms with Crippen molar-refractivity contribution in [3.63, 3.8) is 0 Å². The number of nitrogens with one attached hydrogen (secondary N) is 2. The predicted molar refractivity (Wildman–Crippen MR) is 134 cm³/mol. The van der Waals surface area contributed by atoms with Gasteiger partial charge in [0.15, 0.2) is 5.96 Å². The Hall–Kier alpha value is -1.06. The number of rotatable bonds is 7. The predicted octanol–water partition coefficient (Wildman–Crippen LogP) is 3.17. The zero-order valence-electron chi connectivity index (χ0n) is 19.0. The molecule has 0 aromatic heterocycles. The molecular weight excluding hydrogens is 477 g/mol. The third kappa shape index (κ3) is 9.53. The molecule has 2 rings (SSSR count). The van der Waals surface area contributed by atoms with Crippen molar-refractivity contribution in [3.8, 4) is 5.75 Å². The van der Waals surface area contributed by atoms with Crippen molar-refractivity contribution in [2.24, 2.45) is 4.99 Å². The molecule has 1 saturated heterocycles. The first-order valence-corrected chi connectivity index (χ1v) is 10.5. The van der Waals surface area contributed by atoms with Crippen molar-refractivity contribution in [2.75, 3.05) is 46.3 Å². The average Bonchev–Trinajstić information content (AvgIpc) is 2.64. The minimum Gasteiger partial charge on any atom is -0.488 e. The molecule has 0 radical (unpaired) electrons. The summed E-state index contributed by atoms with van der Waals surface area (Å²) in [5, 5.41) is 6.87. The number of nitrogens with zero attached hydrogens (tertiary/aromatic N) is 3. The van der Waals surface area contributed by atoms with E-state index in [1.807, 2.05) is 18.2 Å². The number of piperazine rings is 1. The van der Waals surface area contributed by atoms with E-state index in [0.717, 1.165) is 56.5 Å². The molecule has 0 spiro atoms. The molecule has 7 heteroatoms. The number of hydrogen-bond acceptors (Lipinski definition) is 4. The zero-order chi connectivity index (χ0) is 20.6. The van der Waals surface area contributed by atoms with Crippen molar-refractivity contribution in [1.29, 1.82) is 0 Å². The molecule has 1 atom stereocenters. The maximum absolute atomic E-state index is 6.09. The lowest BCUT2D eigenvalue weighted by Crippen LogP contribution is -2.52. The molecule has 1 aromatic carbocycles. The highest BCUT2D eigenvalue weighted by atomic mass is 127. The summed E-state index contributed by atoms with van der Waals surface area (Å²) in [6, 6.07) is 8.63. The molecule has 1 heterocycles. The Balaban J connectivity index is 0.00000420. The van der Waals surface area contributed by atoms with Crippen LogP contribution in [0.4, 0.5) is 0 Å². The fourth-order valence-electron chi connectivity index (χ4n) is 3.21. The van der Waals surface area contributed by atoms with Crippen molar-refractivity contribution in [1.82, 2.24) is 20.4 Å². The number of aliphatic imine (C=N–C) groups is 1. The van der Waals surface area contributed by atoms with Gasteiger partial charge in [0.05, 0.1) is 6.54 Å². The van der Waals surface area contributed by atoms with E-state index < -0.39 is 0 Å². The zero-order valence-corrected chi connectivity index (χ0v) is 21.3. The van der Waals surface area contributed by atoms with E-state index in [2.05, 4.69) is 68.2 Å². The smallest absolute Gasteiger partial charge is 0.191 e. The van der Waals surface area contributed by atoms with Gasteiger partial charge in [-0.2, -0.15) is 0 Å². The van der Waals surface area contributed by atoms with Gasteiger partial charge in [-0.15, -0.1) is 24.0 Å². The largest absolute Gasteiger partial charge is 0.488 e. The van der Waals surface area contributed by atoms with Gasteiger partial charge < -0.3 is 20.3 Å². The van der Waals surface area contributed by atoms with Crippen LogP contribution in [-0.2, 0) is 6.54 Å². The fourth-order valence-corrected chi connectivity index (χ4v) is 3.21. The Morgan fingerprint density at radius 2 is 1.79 bits per heavy atom. The Kier molecular flexibility index (Phi) is 11.3. The Morgan fingerprint density at radius 3 is 2.41 bits per heavy atom. The van der Waals surface area contributed by atoms with E-state index in [9.17, 15) is 0 Å². The lowest BCUT2D eigenvalue weighted by Gasteiger charge is -2.36. The lowest BCUT2D eigenvalue weighted by atomic mass is 10.1. The van der Waals surface area contributed by atoms with E-state index in [-0.39, 0.29) is 29.6 Å². The van der Waals surface area contributed by atoms with Crippen molar-refractivity contribution in [3.05, 3.63) is 29.8 Å². The summed E-state index contributed by atoms with van der Waals surface area (Å²) < 4.78 is 6.09. The van der Waals surface area contributed by atoms with E-state index in [4.69, 9.17) is 9.73 Å². The number of hydrogen-bond donors (Lipinski definition) is 2. The Bertz CT molecular complexity index is 624. The van der Waals surface area contributed by atoms with Gasteiger partial charge in [-0.1, -0.05) is 18.2 Å². The highest BCUT2D eigenvalue weighted by molar-refractivity contribution is 14.0. The molecule has 1 unspecified atom stereocenters. The highest BCUT2D eigenvalue weighted by Crippen LogP contribution is 2.23. The van der Waals surface area contributed by atoms with Gasteiger partial charge in [-0.05, 0) is 47.7 Å². The van der Waals surface area contributed by atoms with Gasteiger partial charge in [-0.25, -0.2) is 4.99 Å². The first kappa shape index (κ1) is 26.0. The SMILES string of the molecule is CCNC(=NCc1ccccc1OC(C)(C)C)NCC(C)N1CCN(C)CC1.I. The normalized spacial score (nSPS) is 17.4. The molecule has 6 nitrogen and oxygen atoms in total. The van der Waals surface area contributed by atoms with Gasteiger partial charge in [0.2, 0.25) is 0 Å². The van der Waals surface area contributed by atoms with Crippen LogP contribution in [0.2, 0.25) is 0 Å². The topological polar surface area (TPSA) is 52.1 Å². The van der Waals surface area contributed by atoms with Crippen LogP contribution in [0.5, 0.6) is 5.75 Å². The maximum atomic E-state index is 6.09. The highest BCUT2D eigenvalue weighted by Gasteiger charge is 2.19. The summed E-state index contributed by atoms with van der Waals surface area (Å²) in [7, 11) is 2.19. The summed E-state index contributed by atoms with van der Waals surface area (Å²) in [5.41, 5.74) is 0.877. The summed E-state index contributed by atoms with van der Waals surface area (Å²) in [5.74, 6) is 1.76. The van der Waals surface area contributed by atoms with E-state index in [1.54, 1.807) is 0 Å². The number of para-hydroxylation sites is 1. The van der Waals surface area contributed by atoms with Crippen LogP contribution in [-0.4, -0.2) is 73.7 Å². The fraction of sp³-hybridized carbons (Fsp3) is 0.682. The maximum Gasteiger partial charge on any atom is 0.191 e. The number of ether oxygens (including phenoxy) is 1. The first-order valence-electron chi connectivity index (χ1n) is 10.5. The van der Waals surface area contributed by atoms with Crippen molar-refractivity contribution >= 4 is 29.9 Å². The lowest BCUT2D eigenvalue weighted by molar-refractivity contribution is 0.120. The quantitative estimate of drug-likeness (QED) is 0.331. The number of likely N-dealkylation sites (N-methyl/N-ethyl adjacent to an activating group) is 1. The monoisotopic (exact) mass is 517 g/mol. The second-order valence-electron chi connectivity index (χ2n) is 8.59. The third-order valence-corrected chi connectivity index (χ3v) is 4.87.